The Morgan fingerprint density at radius 1 is 1.14 bits per heavy atom. The van der Waals surface area contributed by atoms with Crippen molar-refractivity contribution in [3.8, 4) is 21.6 Å². The van der Waals surface area contributed by atoms with Crippen LogP contribution in [0, 0.1) is 0 Å². The largest absolute Gasteiger partial charge is 0.461 e. The summed E-state index contributed by atoms with van der Waals surface area (Å²) in [6.45, 7) is 3.83. The van der Waals surface area contributed by atoms with Gasteiger partial charge in [-0.05, 0) is 52.9 Å². The van der Waals surface area contributed by atoms with Gasteiger partial charge in [-0.15, -0.1) is 11.3 Å². The highest BCUT2D eigenvalue weighted by Gasteiger charge is 2.29. The zero-order chi connectivity index (χ0) is 21.2. The lowest BCUT2D eigenvalue weighted by Gasteiger charge is -2.21. The molecule has 3 aromatic rings. The molecule has 0 amide bonds. The number of rotatable bonds is 6. The van der Waals surface area contributed by atoms with Gasteiger partial charge in [0.2, 0.25) is 0 Å². The lowest BCUT2D eigenvalue weighted by molar-refractivity contribution is -0.0323. The fraction of sp³-hybridized carbons (Fsp3) is 0.250. The first-order valence-corrected chi connectivity index (χ1v) is 10.6. The third-order valence-corrected chi connectivity index (χ3v) is 6.15. The Morgan fingerprint density at radius 3 is 2.55 bits per heavy atom. The first kappa shape index (κ1) is 22.0. The van der Waals surface area contributed by atoms with Crippen LogP contribution < -0.4 is 4.72 Å². The van der Waals surface area contributed by atoms with E-state index in [0.717, 1.165) is 27.3 Å². The number of hydrogen-bond donors (Lipinski definition) is 2. The highest BCUT2D eigenvalue weighted by atomic mass is 35.5. The average Bonchev–Trinajstić information content (AvgIpc) is 3.16. The van der Waals surface area contributed by atoms with E-state index in [-0.39, 0.29) is 24.2 Å². The molecule has 2 heterocycles. The molecule has 9 heteroatoms. The van der Waals surface area contributed by atoms with Gasteiger partial charge in [0.05, 0.1) is 23.6 Å². The molecule has 0 radical (unpaired) electrons. The minimum absolute atomic E-state index is 0.0129. The molecule has 0 unspecified atom stereocenters. The van der Waals surface area contributed by atoms with Gasteiger partial charge in [0.25, 0.3) is 0 Å². The number of benzene rings is 1. The van der Waals surface area contributed by atoms with E-state index >= 15 is 0 Å². The first-order chi connectivity index (χ1) is 13.6. The van der Waals surface area contributed by atoms with Gasteiger partial charge >= 0.3 is 5.51 Å². The number of nitrogens with one attached hydrogen (secondary N) is 1. The summed E-state index contributed by atoms with van der Waals surface area (Å²) in [6.07, 6.45) is 1.71. The second-order valence-corrected chi connectivity index (χ2v) is 9.21. The van der Waals surface area contributed by atoms with Crippen LogP contribution in [0.25, 0.3) is 21.6 Å². The maximum Gasteiger partial charge on any atom is 0.461 e. The zero-order valence-corrected chi connectivity index (χ0v) is 17.9. The predicted octanol–water partition coefficient (Wildman–Crippen LogP) is 6.98. The minimum Gasteiger partial charge on any atom is -0.395 e. The number of alkyl halides is 3. The quantitative estimate of drug-likeness (QED) is 0.391. The van der Waals surface area contributed by atoms with E-state index < -0.39 is 10.9 Å². The van der Waals surface area contributed by atoms with E-state index in [2.05, 4.69) is 9.71 Å². The van der Waals surface area contributed by atoms with Gasteiger partial charge in [-0.2, -0.15) is 13.2 Å². The van der Waals surface area contributed by atoms with E-state index in [4.69, 9.17) is 11.6 Å². The molecule has 0 spiro atoms. The number of aromatic nitrogens is 1. The lowest BCUT2D eigenvalue weighted by atomic mass is 9.89. The Balaban J connectivity index is 1.84. The van der Waals surface area contributed by atoms with Gasteiger partial charge in [0.1, 0.15) is 0 Å². The maximum absolute atomic E-state index is 12.3. The summed E-state index contributed by atoms with van der Waals surface area (Å²) >= 11 is 7.48. The third kappa shape index (κ3) is 5.45. The van der Waals surface area contributed by atoms with Gasteiger partial charge in [0.15, 0.2) is 0 Å². The molecular formula is C20H18ClF3N2OS2. The molecule has 0 fully saturated rings. The van der Waals surface area contributed by atoms with Gasteiger partial charge in [0, 0.05) is 33.4 Å². The number of halogens is 4. The molecular weight excluding hydrogens is 441 g/mol. The summed E-state index contributed by atoms with van der Waals surface area (Å²) in [5, 5.41) is 11.9. The zero-order valence-electron chi connectivity index (χ0n) is 15.5. The molecule has 2 N–H and O–H groups in total. The van der Waals surface area contributed by atoms with Gasteiger partial charge in [-0.25, -0.2) is 0 Å². The summed E-state index contributed by atoms with van der Waals surface area (Å²) in [5.41, 5.74) is -1.06. The van der Waals surface area contributed by atoms with Crippen LogP contribution in [0.1, 0.15) is 19.5 Å². The van der Waals surface area contributed by atoms with Gasteiger partial charge in [-0.1, -0.05) is 25.4 Å². The molecule has 0 aliphatic rings. The van der Waals surface area contributed by atoms with E-state index in [1.54, 1.807) is 18.3 Å². The highest BCUT2D eigenvalue weighted by molar-refractivity contribution is 8.01. The fourth-order valence-corrected chi connectivity index (χ4v) is 4.24. The van der Waals surface area contributed by atoms with Crippen LogP contribution in [0.5, 0.6) is 0 Å². The third-order valence-electron chi connectivity index (χ3n) is 4.30. The summed E-state index contributed by atoms with van der Waals surface area (Å²) in [7, 11) is 0. The maximum atomic E-state index is 12.3. The molecule has 29 heavy (non-hydrogen) atoms. The molecule has 2 aromatic heterocycles. The smallest absolute Gasteiger partial charge is 0.395 e. The van der Waals surface area contributed by atoms with Crippen molar-refractivity contribution in [2.24, 2.45) is 0 Å². The van der Waals surface area contributed by atoms with Crippen LogP contribution in [0.3, 0.4) is 0 Å². The molecule has 3 nitrogen and oxygen atoms in total. The molecule has 0 atom stereocenters. The van der Waals surface area contributed by atoms with Crippen molar-refractivity contribution in [3.05, 3.63) is 58.7 Å². The van der Waals surface area contributed by atoms with Gasteiger partial charge < -0.3 is 9.83 Å². The molecule has 3 rings (SSSR count). The summed E-state index contributed by atoms with van der Waals surface area (Å²) < 4.78 is 39.2. The van der Waals surface area contributed by atoms with Crippen LogP contribution in [-0.4, -0.2) is 22.2 Å². The highest BCUT2D eigenvalue weighted by Crippen LogP contribution is 2.39. The molecule has 0 saturated heterocycles. The van der Waals surface area contributed by atoms with E-state index in [1.165, 1.54) is 17.4 Å². The number of anilines is 1. The number of aliphatic hydroxyl groups excluding tert-OH is 1. The number of thiophene rings is 1. The molecule has 0 saturated carbocycles. The van der Waals surface area contributed by atoms with E-state index in [0.29, 0.717) is 5.02 Å². The topological polar surface area (TPSA) is 45.1 Å². The molecule has 0 aliphatic carbocycles. The van der Waals surface area contributed by atoms with Crippen molar-refractivity contribution in [1.82, 2.24) is 4.98 Å². The van der Waals surface area contributed by atoms with Crippen molar-refractivity contribution in [1.29, 1.82) is 0 Å². The monoisotopic (exact) mass is 458 g/mol. The fourth-order valence-electron chi connectivity index (χ4n) is 2.59. The predicted molar refractivity (Wildman–Crippen MR) is 115 cm³/mol. The number of nitrogens with zero attached hydrogens (tertiary/aromatic N) is 1. The summed E-state index contributed by atoms with van der Waals surface area (Å²) in [5.74, 6) is 0. The average molecular weight is 459 g/mol. The summed E-state index contributed by atoms with van der Waals surface area (Å²) in [4.78, 5) is 5.27. The number of hydrogen-bond acceptors (Lipinski definition) is 5. The van der Waals surface area contributed by atoms with Crippen molar-refractivity contribution in [2.45, 2.75) is 24.8 Å². The van der Waals surface area contributed by atoms with Crippen molar-refractivity contribution in [3.63, 3.8) is 0 Å². The Morgan fingerprint density at radius 2 is 1.90 bits per heavy atom. The Kier molecular flexibility index (Phi) is 6.48. The minimum atomic E-state index is -4.37. The first-order valence-electron chi connectivity index (χ1n) is 8.56. The van der Waals surface area contributed by atoms with Crippen molar-refractivity contribution >= 4 is 40.6 Å². The molecule has 0 aliphatic heterocycles. The molecule has 1 aromatic carbocycles. The second-order valence-electron chi connectivity index (χ2n) is 7.02. The number of pyridine rings is 1. The lowest BCUT2D eigenvalue weighted by Crippen LogP contribution is -2.23. The van der Waals surface area contributed by atoms with Crippen LogP contribution >= 0.6 is 34.9 Å². The number of aliphatic hydroxyl groups is 1. The Bertz CT molecular complexity index is 1010. The summed E-state index contributed by atoms with van der Waals surface area (Å²) in [6, 6.07) is 10.6. The second kappa shape index (κ2) is 8.55. The van der Waals surface area contributed by atoms with Crippen LogP contribution in [-0.2, 0) is 5.41 Å². The SMILES string of the molecule is CC(C)(CO)c1cc(-c2csc(-c3ccc(NSC(F)(F)F)cc3Cl)c2)ccn1. The standard InChI is InChI=1S/C20H18ClF3N2OS2/c1-19(2,11-27)18-8-12(5-6-25-18)13-7-17(28-10-13)15-4-3-14(9-16(15)21)26-29-20(22,23)24/h3-10,26-27H,11H2,1-2H3. The Labute approximate surface area is 180 Å². The molecule has 0 bridgehead atoms. The van der Waals surface area contributed by atoms with Crippen LogP contribution in [0.15, 0.2) is 48.0 Å². The van der Waals surface area contributed by atoms with E-state index in [9.17, 15) is 18.3 Å². The van der Waals surface area contributed by atoms with Gasteiger partial charge in [-0.3, -0.25) is 4.98 Å². The van der Waals surface area contributed by atoms with E-state index in [1.807, 2.05) is 37.4 Å². The normalized spacial score (nSPS) is 12.2. The van der Waals surface area contributed by atoms with Crippen molar-refractivity contribution < 1.29 is 18.3 Å². The Hall–Kier alpha value is -1.74. The molecule has 154 valence electrons. The van der Waals surface area contributed by atoms with Crippen LogP contribution in [0.2, 0.25) is 5.02 Å². The van der Waals surface area contributed by atoms with Crippen LogP contribution in [0.4, 0.5) is 18.9 Å². The van der Waals surface area contributed by atoms with Crippen molar-refractivity contribution in [2.75, 3.05) is 11.3 Å².